The molecule has 0 spiro atoms. The van der Waals surface area contributed by atoms with Crippen LogP contribution in [0.5, 0.6) is 5.88 Å². The van der Waals surface area contributed by atoms with Crippen molar-refractivity contribution in [1.82, 2.24) is 15.0 Å². The molecule has 0 saturated carbocycles. The fraction of sp³-hybridized carbons (Fsp3) is 0.156. The molecule has 2 amide bonds. The number of hydrogen-bond acceptors (Lipinski definition) is 11. The third-order valence-corrected chi connectivity index (χ3v) is 11.4. The normalized spacial score (nSPS) is 14.6. The van der Waals surface area contributed by atoms with Crippen LogP contribution in [0.4, 0.5) is 11.4 Å². The number of aryl methyl sites for hydroxylation is 2. The molecule has 222 valence electrons. The van der Waals surface area contributed by atoms with Crippen LogP contribution in [0.15, 0.2) is 69.9 Å². The van der Waals surface area contributed by atoms with E-state index in [0.29, 0.717) is 47.3 Å². The number of fused-ring (bicyclic) bond motifs is 5. The standard InChI is InChI=1S/C32H21N5O5S3/c38-28-26-20-8-2-1-3-9-23(20)43-29(26)35-27(34-28)16-10-13-24(22(14-16)37(41)42)44-32-33-21-12-11-17(15-25(21)45-32)36-30(39)18-6-4-5-7-19(18)31(36)40/h4-7,10-15H,1-3,8-9H2,(H,34,35,38). The third-order valence-electron chi connectivity index (χ3n) is 8.06. The van der Waals surface area contributed by atoms with Crippen LogP contribution < -0.4 is 4.90 Å². The van der Waals surface area contributed by atoms with Crippen LogP contribution in [0.25, 0.3) is 31.8 Å². The van der Waals surface area contributed by atoms with Crippen molar-refractivity contribution in [3.63, 3.8) is 0 Å². The molecule has 13 heteroatoms. The zero-order chi connectivity index (χ0) is 30.8. The molecule has 0 atom stereocenters. The van der Waals surface area contributed by atoms with Crippen molar-refractivity contribution in [3.8, 4) is 17.3 Å². The van der Waals surface area contributed by atoms with E-state index >= 15 is 0 Å². The first-order chi connectivity index (χ1) is 21.9. The lowest BCUT2D eigenvalue weighted by molar-refractivity contribution is -0.387. The number of anilines is 1. The fourth-order valence-electron chi connectivity index (χ4n) is 5.92. The Morgan fingerprint density at radius 2 is 1.67 bits per heavy atom. The van der Waals surface area contributed by atoms with Gasteiger partial charge in [-0.05, 0) is 73.7 Å². The van der Waals surface area contributed by atoms with Crippen molar-refractivity contribution >= 4 is 78.1 Å². The molecule has 0 radical (unpaired) electrons. The van der Waals surface area contributed by atoms with Gasteiger partial charge >= 0.3 is 0 Å². The van der Waals surface area contributed by atoms with Gasteiger partial charge in [0.1, 0.15) is 4.83 Å². The zero-order valence-electron chi connectivity index (χ0n) is 23.4. The van der Waals surface area contributed by atoms with Gasteiger partial charge in [-0.25, -0.2) is 14.9 Å². The number of imide groups is 1. The van der Waals surface area contributed by atoms with E-state index in [4.69, 9.17) is 4.98 Å². The van der Waals surface area contributed by atoms with Crippen LogP contribution in [-0.4, -0.2) is 36.8 Å². The summed E-state index contributed by atoms with van der Waals surface area (Å²) in [6, 6.07) is 16.6. The van der Waals surface area contributed by atoms with E-state index in [1.54, 1.807) is 65.9 Å². The van der Waals surface area contributed by atoms with E-state index in [2.05, 4.69) is 9.97 Å². The van der Waals surface area contributed by atoms with Crippen LogP contribution in [0.2, 0.25) is 0 Å². The maximum absolute atomic E-state index is 13.0. The molecule has 2 aliphatic rings. The van der Waals surface area contributed by atoms with Crippen LogP contribution >= 0.6 is 34.4 Å². The van der Waals surface area contributed by atoms with Gasteiger partial charge in [0.2, 0.25) is 5.88 Å². The molecule has 3 aromatic carbocycles. The van der Waals surface area contributed by atoms with E-state index in [9.17, 15) is 24.8 Å². The van der Waals surface area contributed by atoms with Crippen molar-refractivity contribution in [2.24, 2.45) is 0 Å². The maximum atomic E-state index is 13.0. The average molecular weight is 652 g/mol. The summed E-state index contributed by atoms with van der Waals surface area (Å²) in [5, 5.41) is 23.8. The molecule has 6 aromatic rings. The SMILES string of the molecule is O=C1c2ccccc2C(=O)N1c1ccc2nc(Sc3ccc(-c4nc(O)c5c6c(sc5n4)CCCCC6)cc3[N+](=O)[O-])sc2c1. The number of nitro groups is 1. The molecule has 10 nitrogen and oxygen atoms in total. The van der Waals surface area contributed by atoms with Gasteiger partial charge in [0.15, 0.2) is 10.2 Å². The van der Waals surface area contributed by atoms with E-state index in [1.807, 2.05) is 0 Å². The molecule has 1 aliphatic heterocycles. The van der Waals surface area contributed by atoms with Crippen LogP contribution in [0.3, 0.4) is 0 Å². The summed E-state index contributed by atoms with van der Waals surface area (Å²) in [6.45, 7) is 0. The van der Waals surface area contributed by atoms with Gasteiger partial charge in [-0.3, -0.25) is 19.7 Å². The Bertz CT molecular complexity index is 2210. The molecule has 0 fully saturated rings. The number of benzene rings is 3. The van der Waals surface area contributed by atoms with Crippen LogP contribution in [0.1, 0.15) is 50.4 Å². The Morgan fingerprint density at radius 3 is 2.44 bits per heavy atom. The van der Waals surface area contributed by atoms with E-state index in [1.165, 1.54) is 22.3 Å². The highest BCUT2D eigenvalue weighted by Gasteiger charge is 2.36. The smallest absolute Gasteiger partial charge is 0.284 e. The van der Waals surface area contributed by atoms with Gasteiger partial charge < -0.3 is 5.11 Å². The molecule has 1 N–H and O–H groups in total. The van der Waals surface area contributed by atoms with E-state index < -0.39 is 4.92 Å². The first-order valence-corrected chi connectivity index (χ1v) is 16.7. The highest BCUT2D eigenvalue weighted by atomic mass is 32.2. The molecule has 4 heterocycles. The molecule has 3 aromatic heterocycles. The lowest BCUT2D eigenvalue weighted by Gasteiger charge is -2.13. The van der Waals surface area contributed by atoms with Crippen molar-refractivity contribution in [2.75, 3.05) is 4.90 Å². The summed E-state index contributed by atoms with van der Waals surface area (Å²) >= 11 is 4.03. The Morgan fingerprint density at radius 1 is 0.889 bits per heavy atom. The summed E-state index contributed by atoms with van der Waals surface area (Å²) in [6.07, 6.45) is 5.17. The number of amides is 2. The number of thiazole rings is 1. The summed E-state index contributed by atoms with van der Waals surface area (Å²) < 4.78 is 1.30. The predicted octanol–water partition coefficient (Wildman–Crippen LogP) is 7.80. The minimum atomic E-state index is -0.453. The number of carbonyl (C=O) groups is 2. The largest absolute Gasteiger partial charge is 0.493 e. The average Bonchev–Trinajstić information content (AvgIpc) is 3.61. The number of nitro benzene ring substituents is 1. The van der Waals surface area contributed by atoms with Gasteiger partial charge in [0, 0.05) is 16.5 Å². The molecule has 1 aliphatic carbocycles. The van der Waals surface area contributed by atoms with Gasteiger partial charge in [-0.2, -0.15) is 4.98 Å². The number of carbonyl (C=O) groups excluding carboxylic acids is 2. The predicted molar refractivity (Wildman–Crippen MR) is 174 cm³/mol. The molecule has 45 heavy (non-hydrogen) atoms. The van der Waals surface area contributed by atoms with E-state index in [0.717, 1.165) is 59.0 Å². The second-order valence-electron chi connectivity index (χ2n) is 10.8. The van der Waals surface area contributed by atoms with Crippen molar-refractivity contribution in [3.05, 3.63) is 92.3 Å². The monoisotopic (exact) mass is 651 g/mol. The van der Waals surface area contributed by atoms with Crippen molar-refractivity contribution < 1.29 is 19.6 Å². The molecule has 0 bridgehead atoms. The summed E-state index contributed by atoms with van der Waals surface area (Å²) in [7, 11) is 0. The Hall–Kier alpha value is -4.72. The number of aromatic hydroxyl groups is 1. The van der Waals surface area contributed by atoms with Gasteiger partial charge in [-0.15, -0.1) is 22.7 Å². The lowest BCUT2D eigenvalue weighted by Crippen LogP contribution is -2.29. The molecular weight excluding hydrogens is 631 g/mol. The Labute approximate surface area is 267 Å². The van der Waals surface area contributed by atoms with Crippen LogP contribution in [0, 0.1) is 10.1 Å². The van der Waals surface area contributed by atoms with Gasteiger partial charge in [0.05, 0.1) is 42.2 Å². The van der Waals surface area contributed by atoms with Crippen molar-refractivity contribution in [1.29, 1.82) is 0 Å². The summed E-state index contributed by atoms with van der Waals surface area (Å²) in [4.78, 5) is 54.8. The first-order valence-electron chi connectivity index (χ1n) is 14.2. The quantitative estimate of drug-likeness (QED) is 0.0856. The molecule has 0 saturated heterocycles. The second-order valence-corrected chi connectivity index (χ2v) is 14.2. The van der Waals surface area contributed by atoms with Gasteiger partial charge in [0.25, 0.3) is 17.5 Å². The number of thiophene rings is 1. The fourth-order valence-corrected chi connectivity index (χ4v) is 9.32. The zero-order valence-corrected chi connectivity index (χ0v) is 25.8. The number of rotatable bonds is 5. The maximum Gasteiger partial charge on any atom is 0.284 e. The first kappa shape index (κ1) is 27.8. The molecule has 8 rings (SSSR count). The number of nitrogens with zero attached hydrogens (tertiary/aromatic N) is 5. The molecular formula is C32H21N5O5S3. The summed E-state index contributed by atoms with van der Waals surface area (Å²) in [5.74, 6) is -0.618. The number of aromatic nitrogens is 3. The van der Waals surface area contributed by atoms with E-state index in [-0.39, 0.29) is 29.2 Å². The Kier molecular flexibility index (Phi) is 6.62. The Balaban J connectivity index is 1.10. The van der Waals surface area contributed by atoms with Crippen molar-refractivity contribution in [2.45, 2.75) is 41.3 Å². The highest BCUT2D eigenvalue weighted by Crippen LogP contribution is 2.43. The highest BCUT2D eigenvalue weighted by molar-refractivity contribution is 8.01. The topological polar surface area (TPSA) is 139 Å². The van der Waals surface area contributed by atoms with Crippen LogP contribution in [-0.2, 0) is 12.8 Å². The minimum absolute atomic E-state index is 0.0921. The third kappa shape index (κ3) is 4.66. The van der Waals surface area contributed by atoms with Gasteiger partial charge in [-0.1, -0.05) is 30.3 Å². The lowest BCUT2D eigenvalue weighted by atomic mass is 10.1. The minimum Gasteiger partial charge on any atom is -0.493 e. The second kappa shape index (κ2) is 10.7. The molecule has 0 unspecified atom stereocenters. The summed E-state index contributed by atoms with van der Waals surface area (Å²) in [5.41, 5.74) is 3.24. The number of hydrogen-bond donors (Lipinski definition) is 1.